The summed E-state index contributed by atoms with van der Waals surface area (Å²) < 4.78 is 0. The minimum atomic E-state index is -0.920. The molecule has 0 radical (unpaired) electrons. The molecule has 0 aliphatic heterocycles. The van der Waals surface area contributed by atoms with Crippen LogP contribution in [0.1, 0.15) is 52.4 Å². The number of carbonyl (C=O) groups excluding carboxylic acids is 1. The van der Waals surface area contributed by atoms with E-state index in [1.54, 1.807) is 6.92 Å². The molecule has 0 saturated carbocycles. The Labute approximate surface area is 103 Å². The first kappa shape index (κ1) is 19.7. The second-order valence-corrected chi connectivity index (χ2v) is 2.82. The molecule has 14 heavy (non-hydrogen) atoms. The van der Waals surface area contributed by atoms with Crippen molar-refractivity contribution in [3.63, 3.8) is 0 Å². The zero-order valence-corrected chi connectivity index (χ0v) is 10.8. The van der Waals surface area contributed by atoms with Gasteiger partial charge in [-0.2, -0.15) is 0 Å². The quantitative estimate of drug-likeness (QED) is 0.463. The van der Waals surface area contributed by atoms with E-state index in [4.69, 9.17) is 5.11 Å². The Morgan fingerprint density at radius 2 is 1.50 bits per heavy atom. The van der Waals surface area contributed by atoms with E-state index in [-0.39, 0.29) is 36.1 Å². The van der Waals surface area contributed by atoms with E-state index in [0.29, 0.717) is 0 Å². The summed E-state index contributed by atoms with van der Waals surface area (Å²) in [6.45, 7) is 3.71. The SMILES string of the molecule is CCCCCCCC(=O)[O-].CC[O-].[Mg+2]. The Hall–Kier alpha value is 0.196. The topological polar surface area (TPSA) is 63.2 Å². The Morgan fingerprint density at radius 1 is 1.07 bits per heavy atom. The summed E-state index contributed by atoms with van der Waals surface area (Å²) in [5.74, 6) is -0.920. The summed E-state index contributed by atoms with van der Waals surface area (Å²) in [4.78, 5) is 9.92. The third-order valence-electron chi connectivity index (χ3n) is 1.48. The molecule has 0 fully saturated rings. The number of carboxylic acids is 1. The third kappa shape index (κ3) is 29.5. The van der Waals surface area contributed by atoms with Crippen molar-refractivity contribution in [1.82, 2.24) is 0 Å². The molecule has 0 N–H and O–H groups in total. The predicted octanol–water partition coefficient (Wildman–Crippen LogP) is 0.0826. The molecule has 0 spiro atoms. The van der Waals surface area contributed by atoms with Gasteiger partial charge in [-0.1, -0.05) is 39.5 Å². The van der Waals surface area contributed by atoms with Crippen LogP contribution in [0.4, 0.5) is 0 Å². The molecule has 0 unspecified atom stereocenters. The van der Waals surface area contributed by atoms with Crippen molar-refractivity contribution >= 4 is 29.0 Å². The van der Waals surface area contributed by atoms with Gasteiger partial charge in [-0.25, -0.2) is 0 Å². The number of carboxylic acid groups (broad SMARTS) is 1. The van der Waals surface area contributed by atoms with E-state index in [9.17, 15) is 9.90 Å². The zero-order valence-electron chi connectivity index (χ0n) is 9.38. The van der Waals surface area contributed by atoms with Crippen LogP contribution in [0.25, 0.3) is 0 Å². The maximum atomic E-state index is 9.92. The first-order valence-electron chi connectivity index (χ1n) is 4.96. The molecule has 0 aliphatic carbocycles. The number of rotatable bonds is 6. The van der Waals surface area contributed by atoms with Gasteiger partial charge in [-0.05, 0) is 12.8 Å². The van der Waals surface area contributed by atoms with Crippen molar-refractivity contribution < 1.29 is 15.0 Å². The molecule has 3 nitrogen and oxygen atoms in total. The molecular weight excluding hydrogens is 192 g/mol. The number of hydrogen-bond acceptors (Lipinski definition) is 3. The van der Waals surface area contributed by atoms with Crippen LogP contribution in [-0.2, 0) is 4.79 Å². The number of hydrogen-bond donors (Lipinski definition) is 0. The van der Waals surface area contributed by atoms with Crippen molar-refractivity contribution in [2.75, 3.05) is 6.61 Å². The van der Waals surface area contributed by atoms with Crippen LogP contribution < -0.4 is 10.2 Å². The number of aliphatic carboxylic acids is 1. The van der Waals surface area contributed by atoms with Crippen LogP contribution >= 0.6 is 0 Å². The van der Waals surface area contributed by atoms with Gasteiger partial charge < -0.3 is 15.0 Å². The van der Waals surface area contributed by atoms with E-state index in [1.807, 2.05) is 0 Å². The van der Waals surface area contributed by atoms with E-state index in [0.717, 1.165) is 19.3 Å². The van der Waals surface area contributed by atoms with Crippen molar-refractivity contribution in [2.24, 2.45) is 0 Å². The van der Waals surface area contributed by atoms with Gasteiger partial charge in [0.2, 0.25) is 0 Å². The molecule has 0 atom stereocenters. The number of carbonyl (C=O) groups is 1. The van der Waals surface area contributed by atoms with Crippen LogP contribution in [0.15, 0.2) is 0 Å². The first-order chi connectivity index (χ1) is 6.18. The van der Waals surface area contributed by atoms with Gasteiger partial charge in [-0.3, -0.25) is 0 Å². The molecule has 0 bridgehead atoms. The number of unbranched alkanes of at least 4 members (excludes halogenated alkanes) is 4. The van der Waals surface area contributed by atoms with Gasteiger partial charge in [0.1, 0.15) is 0 Å². The van der Waals surface area contributed by atoms with E-state index < -0.39 is 5.97 Å². The summed E-state index contributed by atoms with van der Waals surface area (Å²) in [6, 6.07) is 0. The minimum Gasteiger partial charge on any atom is -0.855 e. The van der Waals surface area contributed by atoms with Crippen LogP contribution in [0, 0.1) is 0 Å². The fourth-order valence-corrected chi connectivity index (χ4v) is 0.873. The molecule has 0 aromatic carbocycles. The second-order valence-electron chi connectivity index (χ2n) is 2.82. The maximum absolute atomic E-state index is 9.92. The van der Waals surface area contributed by atoms with Gasteiger partial charge >= 0.3 is 23.1 Å². The van der Waals surface area contributed by atoms with E-state index in [2.05, 4.69) is 6.92 Å². The largest absolute Gasteiger partial charge is 2.00 e. The van der Waals surface area contributed by atoms with Crippen LogP contribution in [-0.4, -0.2) is 35.6 Å². The van der Waals surface area contributed by atoms with Crippen molar-refractivity contribution in [3.8, 4) is 0 Å². The average molecular weight is 213 g/mol. The molecule has 4 heteroatoms. The van der Waals surface area contributed by atoms with Gasteiger partial charge in [0.15, 0.2) is 0 Å². The maximum Gasteiger partial charge on any atom is 2.00 e. The molecule has 0 amide bonds. The Morgan fingerprint density at radius 3 is 1.86 bits per heavy atom. The third-order valence-corrected chi connectivity index (χ3v) is 1.48. The second kappa shape index (κ2) is 18.9. The van der Waals surface area contributed by atoms with Crippen LogP contribution in [0.3, 0.4) is 0 Å². The Kier molecular flexibility index (Phi) is 26.6. The smallest absolute Gasteiger partial charge is 0.855 e. The molecular formula is C10H20MgO3. The fraction of sp³-hybridized carbons (Fsp3) is 0.900. The monoisotopic (exact) mass is 212 g/mol. The van der Waals surface area contributed by atoms with Gasteiger partial charge in [0.05, 0.1) is 0 Å². The van der Waals surface area contributed by atoms with Gasteiger partial charge in [0, 0.05) is 5.97 Å². The van der Waals surface area contributed by atoms with E-state index >= 15 is 0 Å². The summed E-state index contributed by atoms with van der Waals surface area (Å²) in [7, 11) is 0. The minimum absolute atomic E-state index is 0. The summed E-state index contributed by atoms with van der Waals surface area (Å²) in [5, 5.41) is 18.9. The molecule has 80 valence electrons. The predicted molar refractivity (Wildman–Crippen MR) is 54.7 cm³/mol. The van der Waals surface area contributed by atoms with Gasteiger partial charge in [-0.15, -0.1) is 6.61 Å². The van der Waals surface area contributed by atoms with Crippen LogP contribution in [0.2, 0.25) is 0 Å². The molecule has 0 saturated heterocycles. The standard InChI is InChI=1S/C8H16O2.C2H5O.Mg/c1-2-3-4-5-6-7-8(9)10;1-2-3;/h2-7H2,1H3,(H,9,10);2H2,1H3;/q;-1;+2/p-1. The van der Waals surface area contributed by atoms with Gasteiger partial charge in [0.25, 0.3) is 0 Å². The first-order valence-corrected chi connectivity index (χ1v) is 4.96. The Balaban J connectivity index is -0.000000267. The summed E-state index contributed by atoms with van der Waals surface area (Å²) in [6.07, 6.45) is 5.61. The summed E-state index contributed by atoms with van der Waals surface area (Å²) >= 11 is 0. The molecule has 0 heterocycles. The zero-order chi connectivity index (χ0) is 10.5. The van der Waals surface area contributed by atoms with Crippen molar-refractivity contribution in [3.05, 3.63) is 0 Å². The Bertz CT molecular complexity index is 108. The molecule has 0 aromatic heterocycles. The van der Waals surface area contributed by atoms with Crippen molar-refractivity contribution in [2.45, 2.75) is 52.4 Å². The fourth-order valence-electron chi connectivity index (χ4n) is 0.873. The van der Waals surface area contributed by atoms with Crippen molar-refractivity contribution in [1.29, 1.82) is 0 Å². The molecule has 0 aliphatic rings. The van der Waals surface area contributed by atoms with Crippen LogP contribution in [0.5, 0.6) is 0 Å². The molecule has 0 aromatic rings. The average Bonchev–Trinajstić information content (AvgIpc) is 2.05. The molecule has 0 rings (SSSR count). The normalized spacial score (nSPS) is 8.21. The summed E-state index contributed by atoms with van der Waals surface area (Å²) in [5.41, 5.74) is 0. The van der Waals surface area contributed by atoms with E-state index in [1.165, 1.54) is 12.8 Å².